The number of carbonyl (C=O) groups excluding carboxylic acids is 2. The van der Waals surface area contributed by atoms with Crippen molar-refractivity contribution in [2.24, 2.45) is 5.92 Å². The monoisotopic (exact) mass is 197 g/mol. The maximum absolute atomic E-state index is 11.3. The van der Waals surface area contributed by atoms with E-state index in [9.17, 15) is 14.7 Å². The fraction of sp³-hybridized carbons (Fsp3) is 0.600. The highest BCUT2D eigenvalue weighted by Crippen LogP contribution is 2.24. The SMILES string of the molecule is CC(C)CC(C)(O)N1C(=O)C=CC1=O. The number of nitrogens with zero attached hydrogens (tertiary/aromatic N) is 1. The molecule has 4 nitrogen and oxygen atoms in total. The smallest absolute Gasteiger partial charge is 0.255 e. The van der Waals surface area contributed by atoms with Crippen molar-refractivity contribution in [3.63, 3.8) is 0 Å². The zero-order valence-corrected chi connectivity index (χ0v) is 8.65. The van der Waals surface area contributed by atoms with Gasteiger partial charge in [-0.2, -0.15) is 0 Å². The average Bonchev–Trinajstić information content (AvgIpc) is 2.27. The maximum Gasteiger partial charge on any atom is 0.255 e. The third kappa shape index (κ3) is 2.01. The van der Waals surface area contributed by atoms with Gasteiger partial charge in [0.15, 0.2) is 0 Å². The highest BCUT2D eigenvalue weighted by molar-refractivity contribution is 6.13. The summed E-state index contributed by atoms with van der Waals surface area (Å²) in [5.74, 6) is -0.674. The first-order valence-electron chi connectivity index (χ1n) is 4.63. The van der Waals surface area contributed by atoms with Gasteiger partial charge >= 0.3 is 0 Å². The number of amides is 2. The Morgan fingerprint density at radius 1 is 1.36 bits per heavy atom. The zero-order valence-electron chi connectivity index (χ0n) is 8.65. The zero-order chi connectivity index (χ0) is 10.9. The molecular formula is C10H15NO3. The van der Waals surface area contributed by atoms with Gasteiger partial charge in [-0.1, -0.05) is 13.8 Å². The minimum absolute atomic E-state index is 0.214. The van der Waals surface area contributed by atoms with Crippen LogP contribution in [0.3, 0.4) is 0 Å². The number of rotatable bonds is 3. The molecule has 1 aliphatic rings. The Hall–Kier alpha value is -1.16. The number of hydrogen-bond donors (Lipinski definition) is 1. The summed E-state index contributed by atoms with van der Waals surface area (Å²) in [6.07, 6.45) is 2.74. The van der Waals surface area contributed by atoms with Gasteiger partial charge in [0.25, 0.3) is 11.8 Å². The largest absolute Gasteiger partial charge is 0.371 e. The molecule has 1 heterocycles. The first-order valence-corrected chi connectivity index (χ1v) is 4.63. The third-order valence-electron chi connectivity index (χ3n) is 2.09. The molecule has 0 spiro atoms. The fourth-order valence-corrected chi connectivity index (χ4v) is 1.74. The van der Waals surface area contributed by atoms with Crippen LogP contribution in [-0.2, 0) is 9.59 Å². The molecular weight excluding hydrogens is 182 g/mol. The lowest BCUT2D eigenvalue weighted by atomic mass is 10.0. The Morgan fingerprint density at radius 2 is 1.79 bits per heavy atom. The van der Waals surface area contributed by atoms with Gasteiger partial charge in [0.2, 0.25) is 0 Å². The highest BCUT2D eigenvalue weighted by Gasteiger charge is 2.39. The molecule has 0 aliphatic carbocycles. The number of aliphatic hydroxyl groups is 1. The van der Waals surface area contributed by atoms with Crippen molar-refractivity contribution in [2.45, 2.75) is 32.9 Å². The molecule has 0 bridgehead atoms. The van der Waals surface area contributed by atoms with Crippen LogP contribution in [0.15, 0.2) is 12.2 Å². The van der Waals surface area contributed by atoms with Crippen LogP contribution in [0.5, 0.6) is 0 Å². The topological polar surface area (TPSA) is 57.6 Å². The van der Waals surface area contributed by atoms with Crippen LogP contribution in [0.2, 0.25) is 0 Å². The van der Waals surface area contributed by atoms with E-state index in [1.165, 1.54) is 19.1 Å². The molecule has 2 amide bonds. The molecule has 0 aromatic carbocycles. The van der Waals surface area contributed by atoms with E-state index in [0.717, 1.165) is 4.90 Å². The average molecular weight is 197 g/mol. The minimum atomic E-state index is -1.38. The predicted octanol–water partition coefficient (Wildman–Crippen LogP) is 0.666. The van der Waals surface area contributed by atoms with Gasteiger partial charge in [-0.05, 0) is 19.3 Å². The Morgan fingerprint density at radius 3 is 2.14 bits per heavy atom. The molecule has 0 saturated carbocycles. The predicted molar refractivity (Wildman–Crippen MR) is 51.1 cm³/mol. The third-order valence-corrected chi connectivity index (χ3v) is 2.09. The molecule has 0 aromatic heterocycles. The van der Waals surface area contributed by atoms with E-state index in [2.05, 4.69) is 0 Å². The molecule has 0 fully saturated rings. The lowest BCUT2D eigenvalue weighted by Gasteiger charge is -2.33. The number of imide groups is 1. The summed E-state index contributed by atoms with van der Waals surface area (Å²) < 4.78 is 0. The molecule has 1 aliphatic heterocycles. The molecule has 1 N–H and O–H groups in total. The van der Waals surface area contributed by atoms with Gasteiger partial charge in [0, 0.05) is 12.2 Å². The molecule has 0 saturated heterocycles. The fourth-order valence-electron chi connectivity index (χ4n) is 1.74. The van der Waals surface area contributed by atoms with E-state index < -0.39 is 17.5 Å². The summed E-state index contributed by atoms with van der Waals surface area (Å²) in [7, 11) is 0. The summed E-state index contributed by atoms with van der Waals surface area (Å²) in [6, 6.07) is 0. The summed E-state index contributed by atoms with van der Waals surface area (Å²) in [5.41, 5.74) is -1.38. The molecule has 4 heteroatoms. The van der Waals surface area contributed by atoms with Crippen LogP contribution in [0.4, 0.5) is 0 Å². The molecule has 78 valence electrons. The number of hydrogen-bond acceptors (Lipinski definition) is 3. The Bertz CT molecular complexity index is 274. The second kappa shape index (κ2) is 3.53. The van der Waals surface area contributed by atoms with Crippen molar-refractivity contribution in [1.29, 1.82) is 0 Å². The molecule has 0 radical (unpaired) electrons. The summed E-state index contributed by atoms with van der Waals surface area (Å²) in [6.45, 7) is 5.33. The normalized spacial score (nSPS) is 20.8. The molecule has 0 aromatic rings. The molecule has 1 atom stereocenters. The van der Waals surface area contributed by atoms with Gasteiger partial charge in [0.1, 0.15) is 5.72 Å². The van der Waals surface area contributed by atoms with Crippen LogP contribution in [-0.4, -0.2) is 27.5 Å². The van der Waals surface area contributed by atoms with Crippen LogP contribution in [0.25, 0.3) is 0 Å². The van der Waals surface area contributed by atoms with Crippen LogP contribution in [0, 0.1) is 5.92 Å². The second-order valence-electron chi connectivity index (χ2n) is 4.16. The van der Waals surface area contributed by atoms with Crippen molar-refractivity contribution in [2.75, 3.05) is 0 Å². The quantitative estimate of drug-likeness (QED) is 0.676. The van der Waals surface area contributed by atoms with Gasteiger partial charge in [0.05, 0.1) is 0 Å². The van der Waals surface area contributed by atoms with Gasteiger partial charge in [-0.25, -0.2) is 4.90 Å². The van der Waals surface area contributed by atoms with Crippen molar-refractivity contribution < 1.29 is 14.7 Å². The van der Waals surface area contributed by atoms with Crippen molar-refractivity contribution >= 4 is 11.8 Å². The Balaban J connectivity index is 2.82. The summed E-state index contributed by atoms with van der Waals surface area (Å²) in [5, 5.41) is 9.97. The minimum Gasteiger partial charge on any atom is -0.371 e. The Labute approximate surface area is 83.2 Å². The summed E-state index contributed by atoms with van der Waals surface area (Å²) in [4.78, 5) is 23.4. The van der Waals surface area contributed by atoms with Gasteiger partial charge < -0.3 is 5.11 Å². The molecule has 1 rings (SSSR count). The van der Waals surface area contributed by atoms with E-state index in [1.54, 1.807) is 0 Å². The lowest BCUT2D eigenvalue weighted by Crippen LogP contribution is -2.50. The van der Waals surface area contributed by atoms with Crippen LogP contribution < -0.4 is 0 Å². The van der Waals surface area contributed by atoms with E-state index in [0.29, 0.717) is 6.42 Å². The van der Waals surface area contributed by atoms with Crippen LogP contribution >= 0.6 is 0 Å². The van der Waals surface area contributed by atoms with E-state index >= 15 is 0 Å². The van der Waals surface area contributed by atoms with E-state index in [1.807, 2.05) is 13.8 Å². The Kier molecular flexibility index (Phi) is 2.76. The van der Waals surface area contributed by atoms with Crippen molar-refractivity contribution in [1.82, 2.24) is 4.90 Å². The summed E-state index contributed by atoms with van der Waals surface area (Å²) >= 11 is 0. The standard InChI is InChI=1S/C10H15NO3/c1-7(2)6-10(3,14)11-8(12)4-5-9(11)13/h4-5,7,14H,6H2,1-3H3. The van der Waals surface area contributed by atoms with Crippen molar-refractivity contribution in [3.05, 3.63) is 12.2 Å². The molecule has 1 unspecified atom stereocenters. The highest BCUT2D eigenvalue weighted by atomic mass is 16.3. The number of carbonyl (C=O) groups is 2. The lowest BCUT2D eigenvalue weighted by molar-refractivity contribution is -0.163. The van der Waals surface area contributed by atoms with Gasteiger partial charge in [-0.15, -0.1) is 0 Å². The van der Waals surface area contributed by atoms with E-state index in [4.69, 9.17) is 0 Å². The second-order valence-corrected chi connectivity index (χ2v) is 4.16. The molecule has 14 heavy (non-hydrogen) atoms. The van der Waals surface area contributed by atoms with Crippen LogP contribution in [0.1, 0.15) is 27.2 Å². The first-order chi connectivity index (χ1) is 6.34. The van der Waals surface area contributed by atoms with Crippen molar-refractivity contribution in [3.8, 4) is 0 Å². The first kappa shape index (κ1) is 10.9. The maximum atomic E-state index is 11.3. The van der Waals surface area contributed by atoms with E-state index in [-0.39, 0.29) is 5.92 Å². The van der Waals surface area contributed by atoms with Gasteiger partial charge in [-0.3, -0.25) is 9.59 Å².